The minimum atomic E-state index is 0.395. The van der Waals surface area contributed by atoms with Crippen molar-refractivity contribution in [3.8, 4) is 11.1 Å². The largest absolute Gasteiger partial charge is 0.397 e. The molecule has 0 radical (unpaired) electrons. The number of hydrogen-bond acceptors (Lipinski definition) is 5. The number of imidazole rings is 1. The molecule has 0 aliphatic carbocycles. The molecule has 0 fully saturated rings. The van der Waals surface area contributed by atoms with Crippen molar-refractivity contribution in [3.05, 3.63) is 59.5 Å². The van der Waals surface area contributed by atoms with Crippen LogP contribution in [0.1, 0.15) is 42.5 Å². The summed E-state index contributed by atoms with van der Waals surface area (Å²) in [5.41, 5.74) is 13.9. The van der Waals surface area contributed by atoms with Crippen molar-refractivity contribution in [2.45, 2.75) is 40.2 Å². The molecule has 0 atom stereocenters. The van der Waals surface area contributed by atoms with Gasteiger partial charge < -0.3 is 14.8 Å². The van der Waals surface area contributed by atoms with E-state index in [0.717, 1.165) is 39.3 Å². The monoisotopic (exact) mass is 361 g/mol. The van der Waals surface area contributed by atoms with Crippen molar-refractivity contribution in [2.24, 2.45) is 0 Å². The maximum atomic E-state index is 6.30. The molecular formula is C21H23N5O. The second-order valence-corrected chi connectivity index (χ2v) is 7.25. The third-order valence-corrected chi connectivity index (χ3v) is 4.87. The second-order valence-electron chi connectivity index (χ2n) is 7.25. The lowest BCUT2D eigenvalue weighted by Gasteiger charge is -2.10. The highest BCUT2D eigenvalue weighted by molar-refractivity contribution is 5.92. The summed E-state index contributed by atoms with van der Waals surface area (Å²) in [5.74, 6) is 1.18. The first kappa shape index (κ1) is 17.3. The number of benzene rings is 1. The Morgan fingerprint density at radius 2 is 1.96 bits per heavy atom. The van der Waals surface area contributed by atoms with Gasteiger partial charge in [-0.2, -0.15) is 0 Å². The molecule has 0 aliphatic heterocycles. The van der Waals surface area contributed by atoms with E-state index in [9.17, 15) is 0 Å². The van der Waals surface area contributed by atoms with E-state index in [1.807, 2.05) is 38.5 Å². The maximum Gasteiger partial charge on any atom is 0.141 e. The number of aryl methyl sites for hydroxylation is 2. The van der Waals surface area contributed by atoms with Crippen molar-refractivity contribution in [2.75, 3.05) is 5.73 Å². The van der Waals surface area contributed by atoms with Gasteiger partial charge in [0, 0.05) is 24.0 Å². The summed E-state index contributed by atoms with van der Waals surface area (Å²) in [4.78, 5) is 8.97. The first-order chi connectivity index (χ1) is 12.9. The Labute approximate surface area is 158 Å². The maximum absolute atomic E-state index is 6.30. The lowest BCUT2D eigenvalue weighted by atomic mass is 10.0. The van der Waals surface area contributed by atoms with E-state index in [1.165, 1.54) is 5.56 Å². The normalized spacial score (nSPS) is 11.6. The standard InChI is InChI=1S/C21H23N5O/c1-12(2)18-7-15(5-6-23-18)10-26-11-24-21-17(22)8-16(9-19(21)26)20-13(3)25-27-14(20)4/h5-9,11-12H,10,22H2,1-4H3. The molecule has 27 heavy (non-hydrogen) atoms. The minimum Gasteiger partial charge on any atom is -0.397 e. The van der Waals surface area contributed by atoms with Gasteiger partial charge in [-0.3, -0.25) is 4.98 Å². The zero-order valence-electron chi connectivity index (χ0n) is 16.0. The predicted octanol–water partition coefficient (Wildman–Crippen LogP) is 4.46. The van der Waals surface area contributed by atoms with E-state index >= 15 is 0 Å². The number of anilines is 1. The molecule has 0 bridgehead atoms. The fraction of sp³-hybridized carbons (Fsp3) is 0.286. The molecule has 4 rings (SSSR count). The van der Waals surface area contributed by atoms with Crippen LogP contribution in [0.15, 0.2) is 41.3 Å². The Kier molecular flexibility index (Phi) is 4.18. The van der Waals surface area contributed by atoms with Gasteiger partial charge in [-0.05, 0) is 55.2 Å². The topological polar surface area (TPSA) is 82.8 Å². The summed E-state index contributed by atoms with van der Waals surface area (Å²) in [6, 6.07) is 8.24. The van der Waals surface area contributed by atoms with E-state index in [-0.39, 0.29) is 0 Å². The summed E-state index contributed by atoms with van der Waals surface area (Å²) >= 11 is 0. The average Bonchev–Trinajstić information content (AvgIpc) is 3.19. The lowest BCUT2D eigenvalue weighted by molar-refractivity contribution is 0.393. The number of aromatic nitrogens is 4. The molecule has 6 heteroatoms. The van der Waals surface area contributed by atoms with Crippen LogP contribution in [0.2, 0.25) is 0 Å². The van der Waals surface area contributed by atoms with E-state index in [2.05, 4.69) is 45.7 Å². The highest BCUT2D eigenvalue weighted by atomic mass is 16.5. The molecule has 0 amide bonds. The van der Waals surface area contributed by atoms with Gasteiger partial charge >= 0.3 is 0 Å². The first-order valence-corrected chi connectivity index (χ1v) is 9.06. The molecule has 138 valence electrons. The first-order valence-electron chi connectivity index (χ1n) is 9.06. The Morgan fingerprint density at radius 3 is 2.67 bits per heavy atom. The molecule has 0 spiro atoms. The molecule has 0 aliphatic rings. The fourth-order valence-electron chi connectivity index (χ4n) is 3.46. The molecule has 3 heterocycles. The molecule has 3 aromatic heterocycles. The van der Waals surface area contributed by atoms with Crippen LogP contribution in [-0.2, 0) is 6.54 Å². The third kappa shape index (κ3) is 3.07. The molecule has 6 nitrogen and oxygen atoms in total. The van der Waals surface area contributed by atoms with Crippen LogP contribution >= 0.6 is 0 Å². The van der Waals surface area contributed by atoms with E-state index in [4.69, 9.17) is 10.3 Å². The van der Waals surface area contributed by atoms with Crippen LogP contribution in [0.25, 0.3) is 22.2 Å². The third-order valence-electron chi connectivity index (χ3n) is 4.87. The summed E-state index contributed by atoms with van der Waals surface area (Å²) in [7, 11) is 0. The van der Waals surface area contributed by atoms with Gasteiger partial charge in [-0.25, -0.2) is 4.98 Å². The van der Waals surface area contributed by atoms with Gasteiger partial charge in [-0.1, -0.05) is 19.0 Å². The van der Waals surface area contributed by atoms with Crippen LogP contribution in [0.4, 0.5) is 5.69 Å². The van der Waals surface area contributed by atoms with Crippen molar-refractivity contribution < 1.29 is 4.52 Å². The Morgan fingerprint density at radius 1 is 1.15 bits per heavy atom. The van der Waals surface area contributed by atoms with Crippen LogP contribution in [0.5, 0.6) is 0 Å². The number of pyridine rings is 1. The van der Waals surface area contributed by atoms with E-state index in [0.29, 0.717) is 18.2 Å². The molecule has 4 aromatic rings. The zero-order chi connectivity index (χ0) is 19.1. The van der Waals surface area contributed by atoms with E-state index < -0.39 is 0 Å². The molecular weight excluding hydrogens is 338 g/mol. The Bertz CT molecular complexity index is 1100. The Balaban J connectivity index is 1.80. The quantitative estimate of drug-likeness (QED) is 0.543. The van der Waals surface area contributed by atoms with Crippen molar-refractivity contribution in [1.29, 1.82) is 0 Å². The second kappa shape index (κ2) is 6.54. The Hall–Kier alpha value is -3.15. The van der Waals surface area contributed by atoms with Crippen LogP contribution < -0.4 is 5.73 Å². The number of hydrogen-bond donors (Lipinski definition) is 1. The molecule has 2 N–H and O–H groups in total. The van der Waals surface area contributed by atoms with E-state index in [1.54, 1.807) is 0 Å². The number of rotatable bonds is 4. The van der Waals surface area contributed by atoms with Crippen LogP contribution in [0.3, 0.4) is 0 Å². The van der Waals surface area contributed by atoms with Gasteiger partial charge in [0.15, 0.2) is 0 Å². The van der Waals surface area contributed by atoms with Gasteiger partial charge in [-0.15, -0.1) is 0 Å². The number of nitrogens with zero attached hydrogens (tertiary/aromatic N) is 4. The average molecular weight is 361 g/mol. The minimum absolute atomic E-state index is 0.395. The fourth-order valence-corrected chi connectivity index (χ4v) is 3.46. The van der Waals surface area contributed by atoms with Gasteiger partial charge in [0.1, 0.15) is 11.3 Å². The highest BCUT2D eigenvalue weighted by Gasteiger charge is 2.16. The van der Waals surface area contributed by atoms with Crippen molar-refractivity contribution >= 4 is 16.7 Å². The van der Waals surface area contributed by atoms with Gasteiger partial charge in [0.25, 0.3) is 0 Å². The smallest absolute Gasteiger partial charge is 0.141 e. The predicted molar refractivity (Wildman–Crippen MR) is 107 cm³/mol. The summed E-state index contributed by atoms with van der Waals surface area (Å²) in [5, 5.41) is 4.06. The number of nitrogen functional groups attached to an aromatic ring is 1. The van der Waals surface area contributed by atoms with Crippen LogP contribution in [0, 0.1) is 13.8 Å². The highest BCUT2D eigenvalue weighted by Crippen LogP contribution is 2.32. The molecule has 0 saturated carbocycles. The SMILES string of the molecule is Cc1noc(C)c1-c1cc(N)c2ncn(Cc3ccnc(C(C)C)c3)c2c1. The molecule has 0 unspecified atom stereocenters. The van der Waals surface area contributed by atoms with Crippen molar-refractivity contribution in [3.63, 3.8) is 0 Å². The lowest BCUT2D eigenvalue weighted by Crippen LogP contribution is -2.01. The van der Waals surface area contributed by atoms with Gasteiger partial charge in [0.05, 0.1) is 23.2 Å². The van der Waals surface area contributed by atoms with Crippen LogP contribution in [-0.4, -0.2) is 19.7 Å². The molecule has 0 saturated heterocycles. The summed E-state index contributed by atoms with van der Waals surface area (Å²) < 4.78 is 7.44. The van der Waals surface area contributed by atoms with Crippen molar-refractivity contribution in [1.82, 2.24) is 19.7 Å². The van der Waals surface area contributed by atoms with Gasteiger partial charge in [0.2, 0.25) is 0 Å². The zero-order valence-corrected chi connectivity index (χ0v) is 16.0. The summed E-state index contributed by atoms with van der Waals surface area (Å²) in [6.45, 7) is 8.86. The summed E-state index contributed by atoms with van der Waals surface area (Å²) in [6.07, 6.45) is 3.71. The number of nitrogens with two attached hydrogens (primary N) is 1. The molecule has 1 aromatic carbocycles. The number of fused-ring (bicyclic) bond motifs is 1.